The molecule has 0 spiro atoms. The van der Waals surface area contributed by atoms with Gasteiger partial charge < -0.3 is 25.4 Å². The zero-order valence-electron chi connectivity index (χ0n) is 7.93. The van der Waals surface area contributed by atoms with Gasteiger partial charge in [0.15, 0.2) is 5.72 Å². The van der Waals surface area contributed by atoms with Crippen LogP contribution in [-0.2, 0) is 9.53 Å². The van der Waals surface area contributed by atoms with Crippen LogP contribution in [0.2, 0.25) is 0 Å². The number of amides is 1. The molecule has 1 aliphatic rings. The number of nitrogens with one attached hydrogen (secondary N) is 1. The van der Waals surface area contributed by atoms with E-state index >= 15 is 0 Å². The number of carbonyl (C=O) groups is 1. The van der Waals surface area contributed by atoms with Crippen molar-refractivity contribution < 1.29 is 24.9 Å². The van der Waals surface area contributed by atoms with E-state index < -0.39 is 30.4 Å². The molecule has 82 valence electrons. The molecule has 6 heteroatoms. The molecule has 14 heavy (non-hydrogen) atoms. The Morgan fingerprint density at radius 3 is 2.86 bits per heavy atom. The molecule has 0 aromatic carbocycles. The Balaban J connectivity index is 2.79. The molecule has 0 aromatic heterocycles. The molecule has 1 fully saturated rings. The average molecular weight is 205 g/mol. The SMILES string of the molecule is CC(=O)N[C@]1(O)[C@H](O)CCO[C@@H]1CO. The lowest BCUT2D eigenvalue weighted by molar-refractivity contribution is -0.226. The van der Waals surface area contributed by atoms with Crippen LogP contribution >= 0.6 is 0 Å². The average Bonchev–Trinajstić information content (AvgIpc) is 2.08. The van der Waals surface area contributed by atoms with Gasteiger partial charge in [0.2, 0.25) is 5.91 Å². The summed E-state index contributed by atoms with van der Waals surface area (Å²) < 4.78 is 5.04. The molecule has 1 aliphatic heterocycles. The van der Waals surface area contributed by atoms with Gasteiger partial charge in [-0.05, 0) is 0 Å². The largest absolute Gasteiger partial charge is 0.393 e. The summed E-state index contributed by atoms with van der Waals surface area (Å²) in [5.74, 6) is -0.490. The zero-order valence-corrected chi connectivity index (χ0v) is 7.93. The Hall–Kier alpha value is -0.690. The third-order valence-electron chi connectivity index (χ3n) is 2.25. The maximum Gasteiger partial charge on any atom is 0.219 e. The second kappa shape index (κ2) is 4.22. The van der Waals surface area contributed by atoms with Crippen LogP contribution in [-0.4, -0.2) is 52.4 Å². The quantitative estimate of drug-likeness (QED) is 0.389. The minimum atomic E-state index is -1.89. The van der Waals surface area contributed by atoms with Crippen LogP contribution in [0.5, 0.6) is 0 Å². The van der Waals surface area contributed by atoms with E-state index in [0.717, 1.165) is 0 Å². The number of hydrogen-bond acceptors (Lipinski definition) is 5. The lowest BCUT2D eigenvalue weighted by Gasteiger charge is -2.42. The van der Waals surface area contributed by atoms with Gasteiger partial charge in [-0.3, -0.25) is 4.79 Å². The summed E-state index contributed by atoms with van der Waals surface area (Å²) >= 11 is 0. The fourth-order valence-corrected chi connectivity index (χ4v) is 1.52. The highest BCUT2D eigenvalue weighted by Gasteiger charge is 2.47. The van der Waals surface area contributed by atoms with Crippen LogP contribution in [0.3, 0.4) is 0 Å². The highest BCUT2D eigenvalue weighted by atomic mass is 16.5. The fourth-order valence-electron chi connectivity index (χ4n) is 1.52. The van der Waals surface area contributed by atoms with E-state index in [1.165, 1.54) is 6.92 Å². The van der Waals surface area contributed by atoms with E-state index in [2.05, 4.69) is 5.32 Å². The van der Waals surface area contributed by atoms with E-state index in [-0.39, 0.29) is 13.0 Å². The van der Waals surface area contributed by atoms with Crippen molar-refractivity contribution in [2.75, 3.05) is 13.2 Å². The monoisotopic (exact) mass is 205 g/mol. The highest BCUT2D eigenvalue weighted by Crippen LogP contribution is 2.23. The first kappa shape index (κ1) is 11.4. The van der Waals surface area contributed by atoms with Crippen molar-refractivity contribution in [2.24, 2.45) is 0 Å². The standard InChI is InChI=1S/C8H15NO5/c1-5(11)9-8(13)6(12)2-3-14-7(8)4-10/h6-7,10,12-13H,2-4H2,1H3,(H,9,11)/t6-,7-,8+/m1/s1. The molecular weight excluding hydrogens is 190 g/mol. The van der Waals surface area contributed by atoms with Crippen LogP contribution in [0.15, 0.2) is 0 Å². The van der Waals surface area contributed by atoms with Crippen molar-refractivity contribution >= 4 is 5.91 Å². The molecule has 0 aromatic rings. The van der Waals surface area contributed by atoms with Gasteiger partial charge in [0.05, 0.1) is 6.61 Å². The minimum Gasteiger partial charge on any atom is -0.393 e. The Kier molecular flexibility index (Phi) is 3.43. The molecule has 0 bridgehead atoms. The van der Waals surface area contributed by atoms with Crippen molar-refractivity contribution in [1.82, 2.24) is 5.32 Å². The minimum absolute atomic E-state index is 0.216. The lowest BCUT2D eigenvalue weighted by Crippen LogP contribution is -2.67. The number of ether oxygens (including phenoxy) is 1. The van der Waals surface area contributed by atoms with Crippen LogP contribution < -0.4 is 5.32 Å². The Labute approximate surface area is 81.5 Å². The van der Waals surface area contributed by atoms with Gasteiger partial charge in [-0.1, -0.05) is 0 Å². The lowest BCUT2D eigenvalue weighted by atomic mass is 9.95. The molecule has 1 heterocycles. The Morgan fingerprint density at radius 1 is 1.71 bits per heavy atom. The van der Waals surface area contributed by atoms with Crippen LogP contribution in [0.1, 0.15) is 13.3 Å². The zero-order chi connectivity index (χ0) is 10.8. The topological polar surface area (TPSA) is 99.0 Å². The van der Waals surface area contributed by atoms with Crippen molar-refractivity contribution in [3.8, 4) is 0 Å². The van der Waals surface area contributed by atoms with Crippen molar-refractivity contribution in [3.63, 3.8) is 0 Å². The normalized spacial score (nSPS) is 38.0. The molecule has 1 amide bonds. The molecule has 3 atom stereocenters. The molecule has 0 radical (unpaired) electrons. The summed E-state index contributed by atoms with van der Waals surface area (Å²) in [4.78, 5) is 10.8. The number of carbonyl (C=O) groups excluding carboxylic acids is 1. The van der Waals surface area contributed by atoms with Crippen LogP contribution in [0.25, 0.3) is 0 Å². The van der Waals surface area contributed by atoms with Gasteiger partial charge in [-0.15, -0.1) is 0 Å². The third kappa shape index (κ3) is 2.03. The second-order valence-electron chi connectivity index (χ2n) is 3.35. The molecule has 4 N–H and O–H groups in total. The van der Waals surface area contributed by atoms with Gasteiger partial charge in [0.25, 0.3) is 0 Å². The van der Waals surface area contributed by atoms with E-state index in [1.807, 2.05) is 0 Å². The maximum absolute atomic E-state index is 10.8. The fraction of sp³-hybridized carbons (Fsp3) is 0.875. The van der Waals surface area contributed by atoms with Crippen LogP contribution in [0.4, 0.5) is 0 Å². The van der Waals surface area contributed by atoms with Gasteiger partial charge >= 0.3 is 0 Å². The Bertz CT molecular complexity index is 222. The highest BCUT2D eigenvalue weighted by molar-refractivity contribution is 5.73. The van der Waals surface area contributed by atoms with E-state index in [0.29, 0.717) is 0 Å². The van der Waals surface area contributed by atoms with Gasteiger partial charge in [0, 0.05) is 20.0 Å². The number of aliphatic hydroxyl groups is 3. The number of rotatable bonds is 2. The van der Waals surface area contributed by atoms with E-state index in [1.54, 1.807) is 0 Å². The summed E-state index contributed by atoms with van der Waals surface area (Å²) in [6, 6.07) is 0. The first-order chi connectivity index (χ1) is 6.50. The van der Waals surface area contributed by atoms with Crippen molar-refractivity contribution in [2.45, 2.75) is 31.3 Å². The summed E-state index contributed by atoms with van der Waals surface area (Å²) in [7, 11) is 0. The van der Waals surface area contributed by atoms with Crippen molar-refractivity contribution in [1.29, 1.82) is 0 Å². The molecule has 0 aliphatic carbocycles. The molecule has 6 nitrogen and oxygen atoms in total. The van der Waals surface area contributed by atoms with E-state index in [4.69, 9.17) is 9.84 Å². The predicted octanol–water partition coefficient (Wildman–Crippen LogP) is -2.05. The smallest absolute Gasteiger partial charge is 0.219 e. The summed E-state index contributed by atoms with van der Waals surface area (Å²) in [5, 5.41) is 30.5. The first-order valence-electron chi connectivity index (χ1n) is 4.42. The molecular formula is C8H15NO5. The van der Waals surface area contributed by atoms with E-state index in [9.17, 15) is 15.0 Å². The predicted molar refractivity (Wildman–Crippen MR) is 46.2 cm³/mol. The first-order valence-corrected chi connectivity index (χ1v) is 4.42. The van der Waals surface area contributed by atoms with Gasteiger partial charge in [-0.25, -0.2) is 0 Å². The van der Waals surface area contributed by atoms with Crippen LogP contribution in [0, 0.1) is 0 Å². The second-order valence-corrected chi connectivity index (χ2v) is 3.35. The summed E-state index contributed by atoms with van der Waals surface area (Å²) in [6.07, 6.45) is -1.90. The molecule has 1 rings (SSSR count). The third-order valence-corrected chi connectivity index (χ3v) is 2.25. The van der Waals surface area contributed by atoms with Crippen molar-refractivity contribution in [3.05, 3.63) is 0 Å². The number of aliphatic hydroxyl groups excluding tert-OH is 2. The summed E-state index contributed by atoms with van der Waals surface area (Å²) in [5.41, 5.74) is -1.89. The molecule has 1 saturated heterocycles. The Morgan fingerprint density at radius 2 is 2.36 bits per heavy atom. The van der Waals surface area contributed by atoms with Gasteiger partial charge in [-0.2, -0.15) is 0 Å². The molecule has 0 saturated carbocycles. The van der Waals surface area contributed by atoms with Gasteiger partial charge in [0.1, 0.15) is 12.2 Å². The maximum atomic E-state index is 10.8. The number of hydrogen-bond donors (Lipinski definition) is 4. The summed E-state index contributed by atoms with van der Waals surface area (Å²) in [6.45, 7) is 0.996. The molecule has 0 unspecified atom stereocenters.